The number of hydrogen-bond acceptors (Lipinski definition) is 3. The van der Waals surface area contributed by atoms with Gasteiger partial charge in [-0.25, -0.2) is 13.2 Å². The second kappa shape index (κ2) is 8.09. The number of alkyl halides is 3. The zero-order chi connectivity index (χ0) is 22.1. The van der Waals surface area contributed by atoms with Gasteiger partial charge < -0.3 is 10.1 Å². The van der Waals surface area contributed by atoms with Gasteiger partial charge in [0.1, 0.15) is 11.3 Å². The maximum absolute atomic E-state index is 13.8. The Hall–Kier alpha value is -3.50. The van der Waals surface area contributed by atoms with Crippen molar-refractivity contribution in [2.75, 3.05) is 5.32 Å². The number of rotatable bonds is 5. The van der Waals surface area contributed by atoms with Gasteiger partial charge in [0.2, 0.25) is 0 Å². The molecule has 0 atom stereocenters. The van der Waals surface area contributed by atoms with Gasteiger partial charge in [-0.15, -0.1) is 5.10 Å². The van der Waals surface area contributed by atoms with E-state index in [9.17, 15) is 31.1 Å². The maximum atomic E-state index is 13.8. The van der Waals surface area contributed by atoms with Crippen molar-refractivity contribution >= 4 is 11.6 Å². The largest absolute Gasteiger partial charge is 0.437 e. The van der Waals surface area contributed by atoms with E-state index in [-0.39, 0.29) is 23.7 Å². The van der Waals surface area contributed by atoms with Crippen LogP contribution >= 0.6 is 0 Å². The highest BCUT2D eigenvalue weighted by Crippen LogP contribution is 2.33. The summed E-state index contributed by atoms with van der Waals surface area (Å²) in [4.78, 5) is 12.5. The lowest BCUT2D eigenvalue weighted by molar-refractivity contribution is -0.137. The molecule has 1 amide bonds. The summed E-state index contributed by atoms with van der Waals surface area (Å²) in [6.45, 7) is 1.96. The first-order chi connectivity index (χ1) is 14.1. The first kappa shape index (κ1) is 21.2. The van der Waals surface area contributed by atoms with Crippen LogP contribution in [0.3, 0.4) is 0 Å². The molecule has 0 saturated heterocycles. The fourth-order valence-electron chi connectivity index (χ4n) is 2.46. The molecule has 3 rings (SSSR count). The third-order valence-electron chi connectivity index (χ3n) is 3.96. The zero-order valence-corrected chi connectivity index (χ0v) is 15.2. The number of hydrogen-bond donors (Lipinski definition) is 1. The number of carbonyl (C=O) groups is 1. The number of aryl methyl sites for hydroxylation is 1. The second-order valence-electron chi connectivity index (χ2n) is 6.01. The standard InChI is InChI=1S/C19H13F6N3O2/c1-2-28-9-12(17(29)26-14-7-6-13(20)15(21)16(14)22)18(27-28)30-11-5-3-4-10(8-11)19(23,24)25/h3-9H,2H2,1H3,(H,26,29). The molecular weight excluding hydrogens is 416 g/mol. The molecule has 2 aromatic carbocycles. The molecule has 5 nitrogen and oxygen atoms in total. The van der Waals surface area contributed by atoms with E-state index in [0.717, 1.165) is 24.3 Å². The Bertz CT molecular complexity index is 1090. The van der Waals surface area contributed by atoms with Crippen LogP contribution in [0.4, 0.5) is 32.0 Å². The predicted molar refractivity (Wildman–Crippen MR) is 93.7 cm³/mol. The third-order valence-corrected chi connectivity index (χ3v) is 3.96. The van der Waals surface area contributed by atoms with Crippen LogP contribution in [0.1, 0.15) is 22.8 Å². The molecule has 11 heteroatoms. The van der Waals surface area contributed by atoms with Crippen LogP contribution < -0.4 is 10.1 Å². The van der Waals surface area contributed by atoms with Gasteiger partial charge >= 0.3 is 6.18 Å². The van der Waals surface area contributed by atoms with Crippen molar-refractivity contribution in [3.8, 4) is 11.6 Å². The summed E-state index contributed by atoms with van der Waals surface area (Å²) in [6.07, 6.45) is -3.39. The molecule has 0 aliphatic heterocycles. The van der Waals surface area contributed by atoms with Gasteiger partial charge in [-0.1, -0.05) is 6.07 Å². The van der Waals surface area contributed by atoms with E-state index in [4.69, 9.17) is 4.74 Å². The van der Waals surface area contributed by atoms with Crippen LogP contribution in [0.25, 0.3) is 0 Å². The number of anilines is 1. The van der Waals surface area contributed by atoms with Crippen LogP contribution in [-0.2, 0) is 12.7 Å². The van der Waals surface area contributed by atoms with Gasteiger partial charge in [0, 0.05) is 12.7 Å². The smallest absolute Gasteiger partial charge is 0.416 e. The predicted octanol–water partition coefficient (Wildman–Crippen LogP) is 5.38. The summed E-state index contributed by atoms with van der Waals surface area (Å²) >= 11 is 0. The average molecular weight is 429 g/mol. The first-order valence-corrected chi connectivity index (χ1v) is 8.47. The summed E-state index contributed by atoms with van der Waals surface area (Å²) in [5, 5.41) is 6.02. The zero-order valence-electron chi connectivity index (χ0n) is 15.2. The fourth-order valence-corrected chi connectivity index (χ4v) is 2.46. The van der Waals surface area contributed by atoms with Crippen molar-refractivity contribution < 1.29 is 35.9 Å². The molecule has 0 saturated carbocycles. The lowest BCUT2D eigenvalue weighted by Crippen LogP contribution is -2.14. The van der Waals surface area contributed by atoms with Crippen molar-refractivity contribution in [2.24, 2.45) is 0 Å². The second-order valence-corrected chi connectivity index (χ2v) is 6.01. The van der Waals surface area contributed by atoms with E-state index in [1.165, 1.54) is 16.9 Å². The molecule has 0 fully saturated rings. The summed E-state index contributed by atoms with van der Waals surface area (Å²) in [6, 6.07) is 5.37. The molecule has 0 bridgehead atoms. The van der Waals surface area contributed by atoms with Crippen LogP contribution in [0.2, 0.25) is 0 Å². The summed E-state index contributed by atoms with van der Waals surface area (Å²) in [5.74, 6) is -6.38. The average Bonchev–Trinajstić information content (AvgIpc) is 3.11. The van der Waals surface area contributed by atoms with Gasteiger partial charge in [-0.2, -0.15) is 13.2 Å². The Morgan fingerprint density at radius 2 is 1.87 bits per heavy atom. The summed E-state index contributed by atoms with van der Waals surface area (Å²) in [5.41, 5.74) is -1.85. The van der Waals surface area contributed by atoms with Gasteiger partial charge in [-0.05, 0) is 37.3 Å². The molecule has 30 heavy (non-hydrogen) atoms. The van der Waals surface area contributed by atoms with E-state index >= 15 is 0 Å². The Kier molecular flexibility index (Phi) is 5.72. The number of aromatic nitrogens is 2. The number of nitrogens with zero attached hydrogens (tertiary/aromatic N) is 2. The molecular formula is C19H13F6N3O2. The SMILES string of the molecule is CCn1cc(C(=O)Nc2ccc(F)c(F)c2F)c(Oc2cccc(C(F)(F)F)c2)n1. The summed E-state index contributed by atoms with van der Waals surface area (Å²) in [7, 11) is 0. The lowest BCUT2D eigenvalue weighted by atomic mass is 10.2. The van der Waals surface area contributed by atoms with Crippen molar-refractivity contribution in [3.05, 3.63) is 71.2 Å². The topological polar surface area (TPSA) is 56.2 Å². The van der Waals surface area contributed by atoms with Crippen LogP contribution in [0.5, 0.6) is 11.6 Å². The highest BCUT2D eigenvalue weighted by Gasteiger charge is 2.31. The van der Waals surface area contributed by atoms with Crippen molar-refractivity contribution in [1.82, 2.24) is 9.78 Å². The highest BCUT2D eigenvalue weighted by molar-refractivity contribution is 6.05. The molecule has 0 spiro atoms. The van der Waals surface area contributed by atoms with Gasteiger partial charge in [-0.3, -0.25) is 9.48 Å². The minimum atomic E-state index is -4.60. The Labute approximate surface area is 165 Å². The molecule has 158 valence electrons. The fraction of sp³-hybridized carbons (Fsp3) is 0.158. The van der Waals surface area contributed by atoms with Gasteiger partial charge in [0.25, 0.3) is 11.8 Å². The van der Waals surface area contributed by atoms with E-state index in [1.54, 1.807) is 6.92 Å². The Morgan fingerprint density at radius 3 is 2.53 bits per heavy atom. The highest BCUT2D eigenvalue weighted by atomic mass is 19.4. The van der Waals surface area contributed by atoms with Crippen LogP contribution in [0, 0.1) is 17.5 Å². The van der Waals surface area contributed by atoms with Crippen LogP contribution in [-0.4, -0.2) is 15.7 Å². The minimum absolute atomic E-state index is 0.237. The molecule has 0 unspecified atom stereocenters. The summed E-state index contributed by atoms with van der Waals surface area (Å²) < 4.78 is 85.5. The molecule has 0 aliphatic carbocycles. The molecule has 0 radical (unpaired) electrons. The van der Waals surface area contributed by atoms with Crippen molar-refractivity contribution in [3.63, 3.8) is 0 Å². The molecule has 1 aromatic heterocycles. The normalized spacial score (nSPS) is 11.4. The number of benzene rings is 2. The van der Waals surface area contributed by atoms with Crippen molar-refractivity contribution in [1.29, 1.82) is 0 Å². The third kappa shape index (κ3) is 4.39. The molecule has 1 heterocycles. The molecule has 1 N–H and O–H groups in total. The molecule has 3 aromatic rings. The maximum Gasteiger partial charge on any atom is 0.416 e. The number of ether oxygens (including phenoxy) is 1. The lowest BCUT2D eigenvalue weighted by Gasteiger charge is -2.10. The first-order valence-electron chi connectivity index (χ1n) is 8.47. The number of amides is 1. The van der Waals surface area contributed by atoms with E-state index < -0.39 is 40.8 Å². The number of nitrogens with one attached hydrogen (secondary N) is 1. The quantitative estimate of drug-likeness (QED) is 0.438. The Morgan fingerprint density at radius 1 is 1.13 bits per heavy atom. The van der Waals surface area contributed by atoms with Crippen LogP contribution in [0.15, 0.2) is 42.6 Å². The number of carbonyl (C=O) groups excluding carboxylic acids is 1. The van der Waals surface area contributed by atoms with Gasteiger partial charge in [0.15, 0.2) is 17.5 Å². The number of halogens is 6. The minimum Gasteiger partial charge on any atom is -0.437 e. The molecule has 0 aliphatic rings. The van der Waals surface area contributed by atoms with E-state index in [1.807, 2.05) is 0 Å². The van der Waals surface area contributed by atoms with Gasteiger partial charge in [0.05, 0.1) is 11.3 Å². The van der Waals surface area contributed by atoms with Crippen molar-refractivity contribution in [2.45, 2.75) is 19.6 Å². The van der Waals surface area contributed by atoms with E-state index in [2.05, 4.69) is 10.4 Å². The van der Waals surface area contributed by atoms with E-state index in [0.29, 0.717) is 6.07 Å². The monoisotopic (exact) mass is 429 g/mol. The Balaban J connectivity index is 1.91.